The highest BCUT2D eigenvalue weighted by molar-refractivity contribution is 7.07. The number of nitrogens with zero attached hydrogens (tertiary/aromatic N) is 3. The van der Waals surface area contributed by atoms with Crippen LogP contribution in [0.4, 0.5) is 5.88 Å². The lowest BCUT2D eigenvalue weighted by Gasteiger charge is -2.25. The Labute approximate surface area is 220 Å². The van der Waals surface area contributed by atoms with Crippen molar-refractivity contribution in [3.8, 4) is 0 Å². The summed E-state index contributed by atoms with van der Waals surface area (Å²) in [6.07, 6.45) is 5.35. The van der Waals surface area contributed by atoms with Gasteiger partial charge in [-0.1, -0.05) is 49.4 Å². The first kappa shape index (κ1) is 25.3. The molecule has 3 aromatic rings. The molecule has 8 heteroatoms. The molecule has 0 bridgehead atoms. The molecule has 37 heavy (non-hydrogen) atoms. The molecule has 4 heterocycles. The van der Waals surface area contributed by atoms with E-state index >= 15 is 0 Å². The molecule has 5 rings (SSSR count). The number of carbonyl (C=O) groups is 1. The van der Waals surface area contributed by atoms with Crippen LogP contribution in [0.5, 0.6) is 0 Å². The summed E-state index contributed by atoms with van der Waals surface area (Å²) in [6.45, 7) is 10.1. The number of piperidine rings is 1. The quantitative estimate of drug-likeness (QED) is 0.448. The average molecular weight is 520 g/mol. The predicted molar refractivity (Wildman–Crippen MR) is 146 cm³/mol. The van der Waals surface area contributed by atoms with Crippen molar-refractivity contribution >= 4 is 29.3 Å². The Hall–Kier alpha value is -3.39. The number of anilines is 1. The molecule has 1 unspecified atom stereocenters. The number of hydrogen-bond donors (Lipinski definition) is 0. The molecule has 0 N–H and O–H groups in total. The van der Waals surface area contributed by atoms with Gasteiger partial charge >= 0.3 is 5.97 Å². The van der Waals surface area contributed by atoms with Gasteiger partial charge in [0, 0.05) is 25.2 Å². The van der Waals surface area contributed by atoms with E-state index in [1.165, 1.54) is 23.3 Å². The minimum Gasteiger partial charge on any atom is -0.463 e. The predicted octanol–water partition coefficient (Wildman–Crippen LogP) is 4.51. The molecule has 1 fully saturated rings. The van der Waals surface area contributed by atoms with Crippen molar-refractivity contribution in [1.29, 1.82) is 0 Å². The number of fused-ring (bicyclic) bond motifs is 1. The smallest absolute Gasteiger partial charge is 0.338 e. The number of carbonyl (C=O) groups excluding carboxylic acids is 1. The van der Waals surface area contributed by atoms with E-state index in [2.05, 4.69) is 35.9 Å². The monoisotopic (exact) mass is 519 g/mol. The lowest BCUT2D eigenvalue weighted by atomic mass is 9.93. The maximum Gasteiger partial charge on any atom is 0.338 e. The van der Waals surface area contributed by atoms with Crippen molar-refractivity contribution in [2.24, 2.45) is 4.99 Å². The van der Waals surface area contributed by atoms with Crippen LogP contribution in [0.25, 0.3) is 6.08 Å². The second-order valence-corrected chi connectivity index (χ2v) is 10.9. The van der Waals surface area contributed by atoms with Gasteiger partial charge in [-0.25, -0.2) is 9.79 Å². The number of furan rings is 1. The summed E-state index contributed by atoms with van der Waals surface area (Å²) >= 11 is 1.31. The maximum atomic E-state index is 13.8. The van der Waals surface area contributed by atoms with Crippen molar-refractivity contribution in [3.63, 3.8) is 0 Å². The number of rotatable bonds is 6. The third-order valence-electron chi connectivity index (χ3n) is 6.99. The fourth-order valence-corrected chi connectivity index (χ4v) is 6.03. The summed E-state index contributed by atoms with van der Waals surface area (Å²) in [5.41, 5.74) is 2.79. The van der Waals surface area contributed by atoms with Gasteiger partial charge in [0.05, 0.1) is 28.5 Å². The van der Waals surface area contributed by atoms with Gasteiger partial charge < -0.3 is 14.1 Å². The van der Waals surface area contributed by atoms with Crippen LogP contribution in [-0.2, 0) is 9.53 Å². The van der Waals surface area contributed by atoms with Gasteiger partial charge in [-0.15, -0.1) is 0 Å². The van der Waals surface area contributed by atoms with E-state index in [1.54, 1.807) is 24.5 Å². The zero-order valence-corrected chi connectivity index (χ0v) is 22.6. The Morgan fingerprint density at radius 2 is 1.89 bits per heavy atom. The number of benzene rings is 1. The van der Waals surface area contributed by atoms with Crippen LogP contribution in [0.1, 0.15) is 75.8 Å². The molecule has 0 radical (unpaired) electrons. The molecule has 0 saturated carbocycles. The van der Waals surface area contributed by atoms with E-state index in [0.717, 1.165) is 37.4 Å². The summed E-state index contributed by atoms with van der Waals surface area (Å²) in [4.78, 5) is 34.3. The molecule has 1 atom stereocenters. The maximum absolute atomic E-state index is 13.8. The molecule has 7 nitrogen and oxygen atoms in total. The second-order valence-electron chi connectivity index (χ2n) is 9.85. The molecule has 0 aliphatic carbocycles. The summed E-state index contributed by atoms with van der Waals surface area (Å²) in [5.74, 6) is 1.39. The largest absolute Gasteiger partial charge is 0.463 e. The van der Waals surface area contributed by atoms with Gasteiger partial charge in [0.2, 0.25) is 0 Å². The molecule has 194 valence electrons. The van der Waals surface area contributed by atoms with Gasteiger partial charge in [-0.05, 0) is 56.2 Å². The van der Waals surface area contributed by atoms with Crippen LogP contribution in [0.2, 0.25) is 0 Å². The van der Waals surface area contributed by atoms with E-state index in [1.807, 2.05) is 24.3 Å². The first-order chi connectivity index (χ1) is 17.9. The van der Waals surface area contributed by atoms with Crippen LogP contribution < -0.4 is 19.8 Å². The third-order valence-corrected chi connectivity index (χ3v) is 7.97. The normalized spacial score (nSPS) is 18.2. The summed E-state index contributed by atoms with van der Waals surface area (Å²) in [6, 6.07) is 11.4. The molecule has 2 aliphatic rings. The Balaban J connectivity index is 1.60. The molecular weight excluding hydrogens is 486 g/mol. The number of ether oxygens (including phenoxy) is 1. The van der Waals surface area contributed by atoms with Gasteiger partial charge in [0.1, 0.15) is 5.76 Å². The van der Waals surface area contributed by atoms with E-state index in [-0.39, 0.29) is 12.2 Å². The fourth-order valence-electron chi connectivity index (χ4n) is 5.00. The van der Waals surface area contributed by atoms with E-state index in [9.17, 15) is 9.59 Å². The van der Waals surface area contributed by atoms with Crippen molar-refractivity contribution < 1.29 is 13.9 Å². The van der Waals surface area contributed by atoms with Gasteiger partial charge in [0.15, 0.2) is 10.7 Å². The van der Waals surface area contributed by atoms with Crippen LogP contribution in [0.15, 0.2) is 61.9 Å². The van der Waals surface area contributed by atoms with Crippen LogP contribution in [-0.4, -0.2) is 30.2 Å². The van der Waals surface area contributed by atoms with Crippen LogP contribution in [0.3, 0.4) is 0 Å². The number of aromatic nitrogens is 1. The number of esters is 1. The van der Waals surface area contributed by atoms with Crippen molar-refractivity contribution in [2.75, 3.05) is 24.6 Å². The molecule has 0 amide bonds. The molecular formula is C29H33N3O4S. The van der Waals surface area contributed by atoms with Crippen LogP contribution in [0, 0.1) is 0 Å². The highest BCUT2D eigenvalue weighted by Crippen LogP contribution is 2.31. The lowest BCUT2D eigenvalue weighted by Crippen LogP contribution is -2.39. The van der Waals surface area contributed by atoms with Crippen molar-refractivity contribution in [2.45, 2.75) is 58.9 Å². The lowest BCUT2D eigenvalue weighted by molar-refractivity contribution is -0.139. The first-order valence-corrected chi connectivity index (χ1v) is 13.8. The number of thiazole rings is 1. The number of hydrogen-bond acceptors (Lipinski definition) is 7. The summed E-state index contributed by atoms with van der Waals surface area (Å²) in [5, 5.41) is 0. The Bertz CT molecular complexity index is 1500. The molecule has 2 aliphatic heterocycles. The van der Waals surface area contributed by atoms with Gasteiger partial charge in [-0.3, -0.25) is 9.36 Å². The molecule has 1 aromatic carbocycles. The highest BCUT2D eigenvalue weighted by Gasteiger charge is 2.33. The SMILES string of the molecule is CCOC(=O)C1=C(C)N=c2s/c(=C\c3ccc(N4CCCCC4)o3)c(=O)n2C1c1ccc(C(C)C)cc1. The van der Waals surface area contributed by atoms with Crippen molar-refractivity contribution in [3.05, 3.63) is 84.2 Å². The fraction of sp³-hybridized carbons (Fsp3) is 0.414. The topological polar surface area (TPSA) is 77.0 Å². The third kappa shape index (κ3) is 4.94. The molecule has 0 spiro atoms. The van der Waals surface area contributed by atoms with E-state index in [4.69, 9.17) is 9.15 Å². The van der Waals surface area contributed by atoms with E-state index in [0.29, 0.717) is 32.3 Å². The highest BCUT2D eigenvalue weighted by atomic mass is 32.1. The number of allylic oxidation sites excluding steroid dienone is 1. The molecule has 1 saturated heterocycles. The van der Waals surface area contributed by atoms with Gasteiger partial charge in [0.25, 0.3) is 5.56 Å². The molecule has 2 aromatic heterocycles. The zero-order chi connectivity index (χ0) is 26.1. The second kappa shape index (κ2) is 10.5. The van der Waals surface area contributed by atoms with Crippen LogP contribution >= 0.6 is 11.3 Å². The van der Waals surface area contributed by atoms with Crippen molar-refractivity contribution in [1.82, 2.24) is 4.57 Å². The average Bonchev–Trinajstić information content (AvgIpc) is 3.48. The van der Waals surface area contributed by atoms with E-state index < -0.39 is 12.0 Å². The standard InChI is InChI=1S/C29H33N3O4S/c1-5-35-28(34)25-19(4)30-29-32(26(25)21-11-9-20(10-12-21)18(2)3)27(33)23(37-29)17-22-13-14-24(36-22)31-15-7-6-8-16-31/h9-14,17-18,26H,5-8,15-16H2,1-4H3/b23-17-. The Morgan fingerprint density at radius 3 is 2.57 bits per heavy atom. The zero-order valence-electron chi connectivity index (χ0n) is 21.8. The van der Waals surface area contributed by atoms with Gasteiger partial charge in [-0.2, -0.15) is 0 Å². The summed E-state index contributed by atoms with van der Waals surface area (Å²) in [7, 11) is 0. The summed E-state index contributed by atoms with van der Waals surface area (Å²) < 4.78 is 13.6. The minimum absolute atomic E-state index is 0.202. The Kier molecular flexibility index (Phi) is 7.20. The minimum atomic E-state index is -0.612. The first-order valence-electron chi connectivity index (χ1n) is 13.0. The Morgan fingerprint density at radius 1 is 1.16 bits per heavy atom.